The van der Waals surface area contributed by atoms with Crippen LogP contribution in [0.2, 0.25) is 5.02 Å². The number of hydrogen-bond acceptors (Lipinski definition) is 5. The number of methoxy groups -OCH3 is 1. The Morgan fingerprint density at radius 2 is 2.00 bits per heavy atom. The van der Waals surface area contributed by atoms with E-state index in [1.165, 1.54) is 0 Å². The first-order valence-electron chi connectivity index (χ1n) is 8.84. The van der Waals surface area contributed by atoms with Crippen LogP contribution in [0.3, 0.4) is 0 Å². The van der Waals surface area contributed by atoms with E-state index in [0.717, 1.165) is 11.1 Å². The van der Waals surface area contributed by atoms with Gasteiger partial charge in [-0.3, -0.25) is 4.79 Å². The summed E-state index contributed by atoms with van der Waals surface area (Å²) in [5.41, 5.74) is 2.53. The van der Waals surface area contributed by atoms with Gasteiger partial charge in [-0.15, -0.1) is 0 Å². The molecule has 0 aliphatic heterocycles. The topological polar surface area (TPSA) is 73.6 Å². The highest BCUT2D eigenvalue weighted by Crippen LogP contribution is 2.36. The number of benzene rings is 2. The van der Waals surface area contributed by atoms with Crippen LogP contribution in [0.1, 0.15) is 28.6 Å². The number of carbonyl (C=O) groups is 1. The number of nitrogens with one attached hydrogen (secondary N) is 1. The van der Waals surface area contributed by atoms with Crippen molar-refractivity contribution >= 4 is 17.5 Å². The molecule has 0 bridgehead atoms. The highest BCUT2D eigenvalue weighted by Gasteiger charge is 2.21. The fourth-order valence-corrected chi connectivity index (χ4v) is 3.15. The fraction of sp³-hybridized carbons (Fsp3) is 0.238. The molecule has 7 heteroatoms. The molecule has 6 nitrogen and oxygen atoms in total. The molecule has 146 valence electrons. The average Bonchev–Trinajstić information content (AvgIpc) is 3.10. The number of amides is 1. The summed E-state index contributed by atoms with van der Waals surface area (Å²) in [5, 5.41) is 7.36. The molecule has 0 atom stereocenters. The van der Waals surface area contributed by atoms with E-state index in [-0.39, 0.29) is 12.5 Å². The van der Waals surface area contributed by atoms with Gasteiger partial charge in [0, 0.05) is 12.1 Å². The van der Waals surface area contributed by atoms with Crippen molar-refractivity contribution in [2.75, 3.05) is 13.7 Å². The molecule has 3 rings (SSSR count). The molecule has 0 saturated heterocycles. The molecule has 0 unspecified atom stereocenters. The molecular formula is C21H21ClN2O4. The van der Waals surface area contributed by atoms with Crippen LogP contribution < -0.4 is 14.8 Å². The number of aryl methyl sites for hydroxylation is 1. The lowest BCUT2D eigenvalue weighted by molar-refractivity contribution is 0.0950. The Labute approximate surface area is 168 Å². The highest BCUT2D eigenvalue weighted by molar-refractivity contribution is 6.32. The number of halogens is 1. The van der Waals surface area contributed by atoms with Gasteiger partial charge in [0.15, 0.2) is 11.5 Å². The van der Waals surface area contributed by atoms with Crippen molar-refractivity contribution in [3.05, 3.63) is 64.4 Å². The third-order valence-corrected chi connectivity index (χ3v) is 4.45. The molecule has 0 aliphatic rings. The summed E-state index contributed by atoms with van der Waals surface area (Å²) in [4.78, 5) is 12.8. The first-order chi connectivity index (χ1) is 13.5. The Morgan fingerprint density at radius 3 is 2.68 bits per heavy atom. The molecule has 0 aliphatic carbocycles. The van der Waals surface area contributed by atoms with Crippen LogP contribution in [0.25, 0.3) is 11.3 Å². The first-order valence-corrected chi connectivity index (χ1v) is 9.22. The van der Waals surface area contributed by atoms with Crippen molar-refractivity contribution in [3.63, 3.8) is 0 Å². The summed E-state index contributed by atoms with van der Waals surface area (Å²) in [7, 11) is 1.54. The molecule has 0 fully saturated rings. The number of rotatable bonds is 7. The summed E-state index contributed by atoms with van der Waals surface area (Å²) >= 11 is 6.29. The van der Waals surface area contributed by atoms with Gasteiger partial charge in [0.25, 0.3) is 5.91 Å². The Morgan fingerprint density at radius 1 is 1.25 bits per heavy atom. The zero-order valence-electron chi connectivity index (χ0n) is 15.9. The smallest absolute Gasteiger partial charge is 0.257 e. The molecule has 1 aromatic heterocycles. The van der Waals surface area contributed by atoms with Gasteiger partial charge < -0.3 is 19.3 Å². The zero-order chi connectivity index (χ0) is 20.1. The molecule has 1 amide bonds. The van der Waals surface area contributed by atoms with E-state index in [2.05, 4.69) is 10.5 Å². The average molecular weight is 401 g/mol. The second kappa shape index (κ2) is 8.80. The van der Waals surface area contributed by atoms with Crippen LogP contribution in [0, 0.1) is 6.92 Å². The number of nitrogens with zero attached hydrogens (tertiary/aromatic N) is 1. The third kappa shape index (κ3) is 4.12. The number of aromatic nitrogens is 1. The second-order valence-electron chi connectivity index (χ2n) is 6.05. The summed E-state index contributed by atoms with van der Waals surface area (Å²) < 4.78 is 16.1. The third-order valence-electron chi connectivity index (χ3n) is 4.17. The van der Waals surface area contributed by atoms with Gasteiger partial charge in [0.05, 0.1) is 18.7 Å². The minimum Gasteiger partial charge on any atom is -0.493 e. The van der Waals surface area contributed by atoms with Gasteiger partial charge in [-0.25, -0.2) is 0 Å². The maximum atomic E-state index is 12.8. The lowest BCUT2D eigenvalue weighted by atomic mass is 10.1. The predicted molar refractivity (Wildman–Crippen MR) is 107 cm³/mol. The van der Waals surface area contributed by atoms with E-state index in [1.54, 1.807) is 26.2 Å². The maximum Gasteiger partial charge on any atom is 0.257 e. The summed E-state index contributed by atoms with van der Waals surface area (Å²) in [6.45, 7) is 4.32. The fourth-order valence-electron chi connectivity index (χ4n) is 2.86. The Kier molecular flexibility index (Phi) is 6.21. The van der Waals surface area contributed by atoms with Crippen LogP contribution in [0.4, 0.5) is 0 Å². The Bertz CT molecular complexity index is 970. The van der Waals surface area contributed by atoms with Gasteiger partial charge in [-0.05, 0) is 31.5 Å². The van der Waals surface area contributed by atoms with Gasteiger partial charge in [-0.1, -0.05) is 47.1 Å². The van der Waals surface area contributed by atoms with Crippen molar-refractivity contribution < 1.29 is 18.8 Å². The summed E-state index contributed by atoms with van der Waals surface area (Å²) in [5.74, 6) is 1.19. The largest absolute Gasteiger partial charge is 0.493 e. The van der Waals surface area contributed by atoms with E-state index in [4.69, 9.17) is 25.6 Å². The van der Waals surface area contributed by atoms with Gasteiger partial charge in [0.2, 0.25) is 0 Å². The van der Waals surface area contributed by atoms with Crippen LogP contribution in [-0.2, 0) is 6.54 Å². The molecule has 0 spiro atoms. The molecule has 1 heterocycles. The quantitative estimate of drug-likeness (QED) is 0.625. The summed E-state index contributed by atoms with van der Waals surface area (Å²) in [6.07, 6.45) is 0. The normalized spacial score (nSPS) is 10.6. The van der Waals surface area contributed by atoms with Crippen molar-refractivity contribution in [2.45, 2.75) is 20.4 Å². The van der Waals surface area contributed by atoms with Crippen LogP contribution >= 0.6 is 11.6 Å². The molecule has 1 N–H and O–H groups in total. The highest BCUT2D eigenvalue weighted by atomic mass is 35.5. The molecular weight excluding hydrogens is 380 g/mol. The van der Waals surface area contributed by atoms with E-state index < -0.39 is 0 Å². The van der Waals surface area contributed by atoms with Gasteiger partial charge in [-0.2, -0.15) is 0 Å². The minimum atomic E-state index is -0.276. The zero-order valence-corrected chi connectivity index (χ0v) is 16.7. The van der Waals surface area contributed by atoms with Gasteiger partial charge >= 0.3 is 0 Å². The molecule has 3 aromatic rings. The van der Waals surface area contributed by atoms with Crippen molar-refractivity contribution in [1.82, 2.24) is 10.5 Å². The van der Waals surface area contributed by atoms with E-state index in [0.29, 0.717) is 40.1 Å². The SMILES string of the molecule is CCOc1c(Cl)cc(CNC(=O)c2c(-c3ccccc3)noc2C)cc1OC. The molecule has 2 aromatic carbocycles. The lowest BCUT2D eigenvalue weighted by Crippen LogP contribution is -2.23. The van der Waals surface area contributed by atoms with E-state index in [1.807, 2.05) is 37.3 Å². The van der Waals surface area contributed by atoms with Crippen molar-refractivity contribution in [2.24, 2.45) is 0 Å². The maximum absolute atomic E-state index is 12.8. The van der Waals surface area contributed by atoms with Crippen molar-refractivity contribution in [3.8, 4) is 22.8 Å². The van der Waals surface area contributed by atoms with Crippen LogP contribution in [0.5, 0.6) is 11.5 Å². The number of hydrogen-bond donors (Lipinski definition) is 1. The van der Waals surface area contributed by atoms with Crippen molar-refractivity contribution in [1.29, 1.82) is 0 Å². The second-order valence-corrected chi connectivity index (χ2v) is 6.46. The minimum absolute atomic E-state index is 0.264. The molecule has 0 saturated carbocycles. The van der Waals surface area contributed by atoms with Crippen LogP contribution in [0.15, 0.2) is 47.0 Å². The Balaban J connectivity index is 1.80. The monoisotopic (exact) mass is 400 g/mol. The molecule has 0 radical (unpaired) electrons. The van der Waals surface area contributed by atoms with Gasteiger partial charge in [0.1, 0.15) is 17.0 Å². The Hall–Kier alpha value is -2.99. The van der Waals surface area contributed by atoms with Crippen LogP contribution in [-0.4, -0.2) is 24.8 Å². The summed E-state index contributed by atoms with van der Waals surface area (Å²) in [6, 6.07) is 13.0. The number of ether oxygens (including phenoxy) is 2. The first kappa shape index (κ1) is 19.8. The standard InChI is InChI=1S/C21H21ClN2O4/c1-4-27-20-16(22)10-14(11-17(20)26-3)12-23-21(25)18-13(2)28-24-19(18)15-8-6-5-7-9-15/h5-11H,4,12H2,1-3H3,(H,23,25). The molecule has 28 heavy (non-hydrogen) atoms. The van der Waals surface area contributed by atoms with E-state index in [9.17, 15) is 4.79 Å². The predicted octanol–water partition coefficient (Wildman–Crippen LogP) is 4.64. The number of carbonyl (C=O) groups excluding carboxylic acids is 1. The lowest BCUT2D eigenvalue weighted by Gasteiger charge is -2.13. The van der Waals surface area contributed by atoms with E-state index >= 15 is 0 Å².